The molecule has 0 aliphatic rings. The second kappa shape index (κ2) is 5.19. The van der Waals surface area contributed by atoms with Crippen molar-refractivity contribution >= 4 is 10.0 Å². The fourth-order valence-electron chi connectivity index (χ4n) is 1.08. The number of hydrogen-bond acceptors (Lipinski definition) is 5. The van der Waals surface area contributed by atoms with Gasteiger partial charge in [0.1, 0.15) is 12.2 Å². The Labute approximate surface area is 88.5 Å². The highest BCUT2D eigenvalue weighted by atomic mass is 32.2. The second-order valence-corrected chi connectivity index (χ2v) is 5.04. The van der Waals surface area contributed by atoms with Crippen molar-refractivity contribution in [2.24, 2.45) is 5.73 Å². The standard InChI is InChI=1S/C7H15N5O2S/c1-6(7-9-5-10-11-7)12-15(13,14)4-2-3-8/h5-6,12H,2-4,8H2,1H3,(H,9,10,11). The second-order valence-electron chi connectivity index (χ2n) is 3.17. The fraction of sp³-hybridized carbons (Fsp3) is 0.714. The van der Waals surface area contributed by atoms with Crippen LogP contribution >= 0.6 is 0 Å². The van der Waals surface area contributed by atoms with Crippen molar-refractivity contribution < 1.29 is 8.42 Å². The van der Waals surface area contributed by atoms with Crippen LogP contribution in [0.25, 0.3) is 0 Å². The molecule has 1 aromatic heterocycles. The van der Waals surface area contributed by atoms with Crippen LogP contribution in [-0.4, -0.2) is 35.9 Å². The maximum atomic E-state index is 11.5. The third-order valence-electron chi connectivity index (χ3n) is 1.82. The van der Waals surface area contributed by atoms with E-state index in [-0.39, 0.29) is 5.75 Å². The van der Waals surface area contributed by atoms with Gasteiger partial charge in [-0.15, -0.1) is 0 Å². The average Bonchev–Trinajstić information content (AvgIpc) is 2.67. The summed E-state index contributed by atoms with van der Waals surface area (Å²) in [5, 5.41) is 6.25. The summed E-state index contributed by atoms with van der Waals surface area (Å²) in [5.41, 5.74) is 5.24. The third-order valence-corrected chi connectivity index (χ3v) is 3.36. The maximum absolute atomic E-state index is 11.5. The molecule has 0 aliphatic heterocycles. The molecule has 1 atom stereocenters. The predicted octanol–water partition coefficient (Wildman–Crippen LogP) is -0.866. The van der Waals surface area contributed by atoms with Crippen molar-refractivity contribution in [3.63, 3.8) is 0 Å². The highest BCUT2D eigenvalue weighted by Gasteiger charge is 2.16. The SMILES string of the molecule is CC(NS(=O)(=O)CCCN)c1ncn[nH]1. The van der Waals surface area contributed by atoms with Crippen molar-refractivity contribution in [2.75, 3.05) is 12.3 Å². The zero-order valence-electron chi connectivity index (χ0n) is 8.47. The number of aromatic nitrogens is 3. The van der Waals surface area contributed by atoms with E-state index in [2.05, 4.69) is 19.9 Å². The lowest BCUT2D eigenvalue weighted by atomic mass is 10.3. The lowest BCUT2D eigenvalue weighted by Gasteiger charge is -2.10. The van der Waals surface area contributed by atoms with Crippen LogP contribution < -0.4 is 10.5 Å². The first-order valence-corrected chi connectivity index (χ1v) is 6.25. The van der Waals surface area contributed by atoms with Crippen molar-refractivity contribution in [2.45, 2.75) is 19.4 Å². The Hall–Kier alpha value is -0.990. The van der Waals surface area contributed by atoms with Gasteiger partial charge in [-0.2, -0.15) is 5.10 Å². The van der Waals surface area contributed by atoms with E-state index in [1.54, 1.807) is 6.92 Å². The monoisotopic (exact) mass is 233 g/mol. The van der Waals surface area contributed by atoms with Gasteiger partial charge < -0.3 is 5.73 Å². The molecule has 0 fully saturated rings. The van der Waals surface area contributed by atoms with Crippen molar-refractivity contribution in [3.8, 4) is 0 Å². The summed E-state index contributed by atoms with van der Waals surface area (Å²) >= 11 is 0. The van der Waals surface area contributed by atoms with Crippen LogP contribution in [-0.2, 0) is 10.0 Å². The molecule has 0 saturated carbocycles. The third kappa shape index (κ3) is 3.94. The van der Waals surface area contributed by atoms with E-state index < -0.39 is 16.1 Å². The molecule has 1 rings (SSSR count). The van der Waals surface area contributed by atoms with Gasteiger partial charge in [-0.3, -0.25) is 5.10 Å². The first-order valence-electron chi connectivity index (χ1n) is 4.60. The highest BCUT2D eigenvalue weighted by Crippen LogP contribution is 2.06. The van der Waals surface area contributed by atoms with E-state index >= 15 is 0 Å². The zero-order chi connectivity index (χ0) is 11.3. The lowest BCUT2D eigenvalue weighted by molar-refractivity contribution is 0.558. The van der Waals surface area contributed by atoms with Gasteiger partial charge in [0.05, 0.1) is 11.8 Å². The summed E-state index contributed by atoms with van der Waals surface area (Å²) < 4.78 is 25.4. The van der Waals surface area contributed by atoms with E-state index in [4.69, 9.17) is 5.73 Å². The van der Waals surface area contributed by atoms with Gasteiger partial charge >= 0.3 is 0 Å². The van der Waals surface area contributed by atoms with Gasteiger partial charge in [0.2, 0.25) is 10.0 Å². The average molecular weight is 233 g/mol. The minimum atomic E-state index is -3.29. The van der Waals surface area contributed by atoms with Crippen molar-refractivity contribution in [3.05, 3.63) is 12.2 Å². The fourth-order valence-corrected chi connectivity index (χ4v) is 2.40. The number of rotatable bonds is 6. The van der Waals surface area contributed by atoms with Crippen molar-refractivity contribution in [1.82, 2.24) is 19.9 Å². The van der Waals surface area contributed by atoms with Crippen LogP contribution in [0.1, 0.15) is 25.2 Å². The first kappa shape index (κ1) is 12.1. The highest BCUT2D eigenvalue weighted by molar-refractivity contribution is 7.89. The molecule has 1 unspecified atom stereocenters. The number of H-pyrrole nitrogens is 1. The quantitative estimate of drug-likeness (QED) is 0.591. The van der Waals surface area contributed by atoms with Crippen LogP contribution in [0.5, 0.6) is 0 Å². The molecule has 1 aromatic rings. The molecule has 0 aromatic carbocycles. The van der Waals surface area contributed by atoms with Gasteiger partial charge in [-0.25, -0.2) is 18.1 Å². The summed E-state index contributed by atoms with van der Waals surface area (Å²) in [5.74, 6) is 0.522. The molecule has 15 heavy (non-hydrogen) atoms. The van der Waals surface area contributed by atoms with Crippen LogP contribution in [0.15, 0.2) is 6.33 Å². The summed E-state index contributed by atoms with van der Waals surface area (Å²) in [6.07, 6.45) is 1.78. The van der Waals surface area contributed by atoms with Gasteiger partial charge in [-0.1, -0.05) is 0 Å². The number of nitrogens with zero attached hydrogens (tertiary/aromatic N) is 2. The largest absolute Gasteiger partial charge is 0.330 e. The lowest BCUT2D eigenvalue weighted by Crippen LogP contribution is -2.30. The number of nitrogens with two attached hydrogens (primary N) is 1. The van der Waals surface area contributed by atoms with E-state index in [1.165, 1.54) is 6.33 Å². The Morgan fingerprint density at radius 2 is 2.40 bits per heavy atom. The molecular formula is C7H15N5O2S. The molecule has 0 aliphatic carbocycles. The molecule has 86 valence electrons. The normalized spacial score (nSPS) is 14.0. The van der Waals surface area contributed by atoms with E-state index in [9.17, 15) is 8.42 Å². The predicted molar refractivity (Wildman–Crippen MR) is 55.4 cm³/mol. The van der Waals surface area contributed by atoms with E-state index in [0.717, 1.165) is 0 Å². The Balaban J connectivity index is 2.54. The van der Waals surface area contributed by atoms with Gasteiger partial charge in [-0.05, 0) is 19.9 Å². The molecule has 0 spiro atoms. The van der Waals surface area contributed by atoms with Crippen LogP contribution in [0.4, 0.5) is 0 Å². The summed E-state index contributed by atoms with van der Waals surface area (Å²) in [7, 11) is -3.29. The summed E-state index contributed by atoms with van der Waals surface area (Å²) in [6, 6.07) is -0.407. The molecule has 8 heteroatoms. The van der Waals surface area contributed by atoms with Gasteiger partial charge in [0.25, 0.3) is 0 Å². The minimum absolute atomic E-state index is 0.0297. The maximum Gasteiger partial charge on any atom is 0.212 e. The molecular weight excluding hydrogens is 218 g/mol. The number of sulfonamides is 1. The van der Waals surface area contributed by atoms with Gasteiger partial charge in [0.15, 0.2) is 0 Å². The zero-order valence-corrected chi connectivity index (χ0v) is 9.29. The smallest absolute Gasteiger partial charge is 0.212 e. The molecule has 0 amide bonds. The molecule has 1 heterocycles. The van der Waals surface area contributed by atoms with E-state index in [0.29, 0.717) is 18.8 Å². The summed E-state index contributed by atoms with van der Waals surface area (Å²) in [4.78, 5) is 3.86. The summed E-state index contributed by atoms with van der Waals surface area (Å²) in [6.45, 7) is 2.05. The Kier molecular flexibility index (Phi) is 4.18. The Bertz CT molecular complexity index is 374. The van der Waals surface area contributed by atoms with Gasteiger partial charge in [0, 0.05) is 0 Å². The minimum Gasteiger partial charge on any atom is -0.330 e. The van der Waals surface area contributed by atoms with Crippen LogP contribution in [0.3, 0.4) is 0 Å². The number of aromatic amines is 1. The Morgan fingerprint density at radius 3 is 2.93 bits per heavy atom. The Morgan fingerprint density at radius 1 is 1.67 bits per heavy atom. The molecule has 7 nitrogen and oxygen atoms in total. The first-order chi connectivity index (χ1) is 7.05. The van der Waals surface area contributed by atoms with Crippen LogP contribution in [0, 0.1) is 0 Å². The topological polar surface area (TPSA) is 114 Å². The van der Waals surface area contributed by atoms with Crippen LogP contribution in [0.2, 0.25) is 0 Å². The molecule has 4 N–H and O–H groups in total. The molecule has 0 saturated heterocycles. The van der Waals surface area contributed by atoms with Crippen molar-refractivity contribution in [1.29, 1.82) is 0 Å². The number of nitrogens with one attached hydrogen (secondary N) is 2. The molecule has 0 bridgehead atoms. The number of hydrogen-bond donors (Lipinski definition) is 3. The van der Waals surface area contributed by atoms with E-state index in [1.807, 2.05) is 0 Å². The molecule has 0 radical (unpaired) electrons.